The summed E-state index contributed by atoms with van der Waals surface area (Å²) in [6.07, 6.45) is 6.55. The van der Waals surface area contributed by atoms with Crippen LogP contribution in [0.1, 0.15) is 11.1 Å². The summed E-state index contributed by atoms with van der Waals surface area (Å²) in [7, 11) is 3.26. The van der Waals surface area contributed by atoms with Gasteiger partial charge in [0, 0.05) is 42.7 Å². The molecule has 3 heterocycles. The van der Waals surface area contributed by atoms with E-state index in [2.05, 4.69) is 30.6 Å². The van der Waals surface area contributed by atoms with E-state index in [-0.39, 0.29) is 0 Å². The average molecular weight is 380 g/mol. The average Bonchev–Trinajstić information content (AvgIpc) is 2.75. The highest BCUT2D eigenvalue weighted by atomic mass is 16.5. The van der Waals surface area contributed by atoms with Crippen molar-refractivity contribution in [2.24, 2.45) is 0 Å². The van der Waals surface area contributed by atoms with Crippen LogP contribution in [-0.2, 0) is 12.8 Å². The zero-order valence-corrected chi connectivity index (χ0v) is 16.1. The van der Waals surface area contributed by atoms with Crippen LogP contribution in [0.15, 0.2) is 49.1 Å². The third kappa shape index (κ3) is 5.29. The molecule has 0 aliphatic rings. The minimum atomic E-state index is 0.653. The molecule has 0 unspecified atom stereocenters. The second-order valence-corrected chi connectivity index (χ2v) is 5.99. The van der Waals surface area contributed by atoms with Crippen LogP contribution >= 0.6 is 0 Å². The van der Waals surface area contributed by atoms with Crippen molar-refractivity contribution in [3.8, 4) is 11.8 Å². The number of hydrogen-bond donors (Lipinski definition) is 2. The minimum absolute atomic E-state index is 0.653. The molecule has 0 aliphatic heterocycles. The zero-order valence-electron chi connectivity index (χ0n) is 16.1. The molecule has 3 rings (SSSR count). The van der Waals surface area contributed by atoms with Gasteiger partial charge in [-0.05, 0) is 25.0 Å². The smallest absolute Gasteiger partial charge is 0.216 e. The molecule has 146 valence electrons. The number of nitrogens with zero attached hydrogens (tertiary/aromatic N) is 4. The summed E-state index contributed by atoms with van der Waals surface area (Å²) in [6.45, 7) is 1.43. The first-order chi connectivity index (χ1) is 13.8. The van der Waals surface area contributed by atoms with Crippen LogP contribution in [0.2, 0.25) is 0 Å². The van der Waals surface area contributed by atoms with Crippen LogP contribution < -0.4 is 20.1 Å². The van der Waals surface area contributed by atoms with Gasteiger partial charge >= 0.3 is 0 Å². The molecule has 8 nitrogen and oxygen atoms in total. The molecule has 8 heteroatoms. The van der Waals surface area contributed by atoms with Crippen molar-refractivity contribution < 1.29 is 9.47 Å². The summed E-state index contributed by atoms with van der Waals surface area (Å²) in [4.78, 5) is 17.0. The van der Waals surface area contributed by atoms with E-state index in [1.54, 1.807) is 32.9 Å². The maximum atomic E-state index is 5.28. The topological polar surface area (TPSA) is 94.1 Å². The number of aromatic nitrogens is 4. The Morgan fingerprint density at radius 3 is 1.71 bits per heavy atom. The fraction of sp³-hybridized carbons (Fsp3) is 0.300. The Morgan fingerprint density at radius 2 is 1.25 bits per heavy atom. The molecule has 0 radical (unpaired) electrons. The van der Waals surface area contributed by atoms with Crippen LogP contribution in [0.3, 0.4) is 0 Å². The lowest BCUT2D eigenvalue weighted by Crippen LogP contribution is -2.10. The Morgan fingerprint density at radius 1 is 0.750 bits per heavy atom. The Bertz CT molecular complexity index is 821. The Balaban J connectivity index is 1.50. The molecule has 0 amide bonds. The molecule has 0 aliphatic carbocycles. The van der Waals surface area contributed by atoms with Crippen LogP contribution in [-0.4, -0.2) is 47.2 Å². The number of anilines is 2. The first-order valence-electron chi connectivity index (χ1n) is 9.05. The van der Waals surface area contributed by atoms with E-state index in [1.807, 2.05) is 30.3 Å². The summed E-state index contributed by atoms with van der Waals surface area (Å²) >= 11 is 0. The number of ether oxygens (including phenoxy) is 2. The van der Waals surface area contributed by atoms with Gasteiger partial charge in [0.2, 0.25) is 11.8 Å². The van der Waals surface area contributed by atoms with Crippen LogP contribution in [0.25, 0.3) is 0 Å². The van der Waals surface area contributed by atoms with E-state index >= 15 is 0 Å². The summed E-state index contributed by atoms with van der Waals surface area (Å²) in [5, 5.41) is 6.61. The van der Waals surface area contributed by atoms with Gasteiger partial charge < -0.3 is 20.1 Å². The highest BCUT2D eigenvalue weighted by molar-refractivity contribution is 5.46. The minimum Gasteiger partial charge on any atom is -0.481 e. The summed E-state index contributed by atoms with van der Waals surface area (Å²) in [5.41, 5.74) is 2.10. The molecule has 0 saturated carbocycles. The van der Waals surface area contributed by atoms with Gasteiger partial charge in [0.15, 0.2) is 0 Å². The van der Waals surface area contributed by atoms with E-state index in [1.165, 1.54) is 0 Å². The second kappa shape index (κ2) is 10.1. The SMILES string of the molecule is COc1ncccc1CCNc1cc(NCCc2cccnc2OC)ncn1. The third-order valence-corrected chi connectivity index (χ3v) is 4.15. The number of rotatable bonds is 10. The largest absolute Gasteiger partial charge is 0.481 e. The predicted molar refractivity (Wildman–Crippen MR) is 108 cm³/mol. The standard InChI is InChI=1S/C20H24N6O2/c1-27-19-15(5-3-9-23-19)7-11-21-17-13-18(26-14-25-17)22-12-8-16-6-4-10-24-20(16)28-2/h3-6,9-10,13-14H,7-8,11-12H2,1-2H3,(H2,21,22,25,26). The third-order valence-electron chi connectivity index (χ3n) is 4.15. The maximum Gasteiger partial charge on any atom is 0.216 e. The van der Waals surface area contributed by atoms with Gasteiger partial charge in [-0.2, -0.15) is 0 Å². The van der Waals surface area contributed by atoms with Gasteiger partial charge in [0.05, 0.1) is 14.2 Å². The molecule has 0 fully saturated rings. The Kier molecular flexibility index (Phi) is 6.95. The van der Waals surface area contributed by atoms with E-state index in [0.717, 1.165) is 35.6 Å². The number of methoxy groups -OCH3 is 2. The molecule has 0 saturated heterocycles. The highest BCUT2D eigenvalue weighted by Gasteiger charge is 2.05. The van der Waals surface area contributed by atoms with Crippen molar-refractivity contribution in [2.75, 3.05) is 37.9 Å². The van der Waals surface area contributed by atoms with Crippen molar-refractivity contribution in [1.82, 2.24) is 19.9 Å². The Hall–Kier alpha value is -3.42. The van der Waals surface area contributed by atoms with E-state index < -0.39 is 0 Å². The van der Waals surface area contributed by atoms with Crippen LogP contribution in [0, 0.1) is 0 Å². The molecule has 2 N–H and O–H groups in total. The van der Waals surface area contributed by atoms with Crippen molar-refractivity contribution >= 4 is 11.6 Å². The molecule has 0 bridgehead atoms. The normalized spacial score (nSPS) is 10.4. The van der Waals surface area contributed by atoms with Crippen LogP contribution in [0.5, 0.6) is 11.8 Å². The van der Waals surface area contributed by atoms with Crippen molar-refractivity contribution in [2.45, 2.75) is 12.8 Å². The second-order valence-electron chi connectivity index (χ2n) is 5.99. The Labute approximate surface area is 164 Å². The number of pyridine rings is 2. The molecule has 3 aromatic heterocycles. The number of hydrogen-bond acceptors (Lipinski definition) is 8. The lowest BCUT2D eigenvalue weighted by Gasteiger charge is -2.10. The van der Waals surface area contributed by atoms with Crippen molar-refractivity contribution in [3.63, 3.8) is 0 Å². The van der Waals surface area contributed by atoms with Crippen molar-refractivity contribution in [3.05, 3.63) is 60.2 Å². The van der Waals surface area contributed by atoms with Gasteiger partial charge in [-0.1, -0.05) is 12.1 Å². The van der Waals surface area contributed by atoms with Gasteiger partial charge in [0.25, 0.3) is 0 Å². The summed E-state index contributed by atoms with van der Waals surface area (Å²) in [5.74, 6) is 2.83. The number of nitrogens with one attached hydrogen (secondary N) is 2. The van der Waals surface area contributed by atoms with Crippen molar-refractivity contribution in [1.29, 1.82) is 0 Å². The monoisotopic (exact) mass is 380 g/mol. The molecular formula is C20H24N6O2. The lowest BCUT2D eigenvalue weighted by molar-refractivity contribution is 0.392. The first kappa shape index (κ1) is 19.3. The lowest BCUT2D eigenvalue weighted by atomic mass is 10.2. The first-order valence-corrected chi connectivity index (χ1v) is 9.05. The molecular weight excluding hydrogens is 356 g/mol. The highest BCUT2D eigenvalue weighted by Crippen LogP contribution is 2.16. The summed E-state index contributed by atoms with van der Waals surface area (Å²) in [6, 6.07) is 9.71. The summed E-state index contributed by atoms with van der Waals surface area (Å²) < 4.78 is 10.6. The quantitative estimate of drug-likeness (QED) is 0.554. The van der Waals surface area contributed by atoms with Gasteiger partial charge in [-0.15, -0.1) is 0 Å². The van der Waals surface area contributed by atoms with Gasteiger partial charge in [-0.3, -0.25) is 0 Å². The predicted octanol–water partition coefficient (Wildman–Crippen LogP) is 2.59. The fourth-order valence-electron chi connectivity index (χ4n) is 2.80. The van der Waals surface area contributed by atoms with Crippen LogP contribution in [0.4, 0.5) is 11.6 Å². The molecule has 3 aromatic rings. The molecule has 0 spiro atoms. The zero-order chi connectivity index (χ0) is 19.6. The van der Waals surface area contributed by atoms with Gasteiger partial charge in [0.1, 0.15) is 18.0 Å². The van der Waals surface area contributed by atoms with E-state index in [4.69, 9.17) is 9.47 Å². The van der Waals surface area contributed by atoms with E-state index in [9.17, 15) is 0 Å². The maximum absolute atomic E-state index is 5.28. The molecule has 28 heavy (non-hydrogen) atoms. The van der Waals surface area contributed by atoms with Gasteiger partial charge in [-0.25, -0.2) is 19.9 Å². The fourth-order valence-corrected chi connectivity index (χ4v) is 2.80. The van der Waals surface area contributed by atoms with E-state index in [0.29, 0.717) is 24.8 Å². The molecule has 0 aromatic carbocycles. The molecule has 0 atom stereocenters.